The molecule has 136 valence electrons. The van der Waals surface area contributed by atoms with Crippen molar-refractivity contribution < 1.29 is 14.5 Å². The fraction of sp³-hybridized carbons (Fsp3) is 0.333. The summed E-state index contributed by atoms with van der Waals surface area (Å²) in [6.07, 6.45) is 1.95. The standard InChI is InChI=1S/C21H25N3O2/c1-16(25)18-8-5-9-20(14-18)23-21(26)22-19-10-12-24(13-11-19)15-17-6-3-2-4-7-17/h2-9,14,19H,10-13,15H2,1H3,(H2,22,23,26)/p+1. The summed E-state index contributed by atoms with van der Waals surface area (Å²) in [7, 11) is 0. The van der Waals surface area contributed by atoms with Crippen molar-refractivity contribution in [2.75, 3.05) is 18.4 Å². The predicted molar refractivity (Wildman–Crippen MR) is 102 cm³/mol. The van der Waals surface area contributed by atoms with Gasteiger partial charge in [0, 0.05) is 35.7 Å². The van der Waals surface area contributed by atoms with Gasteiger partial charge in [0.25, 0.3) is 0 Å². The van der Waals surface area contributed by atoms with Gasteiger partial charge in [-0.25, -0.2) is 4.79 Å². The van der Waals surface area contributed by atoms with Gasteiger partial charge in [-0.2, -0.15) is 0 Å². The van der Waals surface area contributed by atoms with Crippen LogP contribution in [0.25, 0.3) is 0 Å². The Balaban J connectivity index is 1.45. The molecule has 0 atom stereocenters. The minimum absolute atomic E-state index is 0.0113. The number of piperidine rings is 1. The Kier molecular flexibility index (Phi) is 6.02. The molecule has 1 fully saturated rings. The first-order chi connectivity index (χ1) is 12.6. The molecular formula is C21H26N3O2+. The lowest BCUT2D eigenvalue weighted by molar-refractivity contribution is -0.918. The second-order valence-corrected chi connectivity index (χ2v) is 6.92. The molecule has 0 spiro atoms. The summed E-state index contributed by atoms with van der Waals surface area (Å²) in [4.78, 5) is 25.2. The van der Waals surface area contributed by atoms with Crippen molar-refractivity contribution in [1.82, 2.24) is 5.32 Å². The van der Waals surface area contributed by atoms with Crippen molar-refractivity contribution in [3.63, 3.8) is 0 Å². The smallest absolute Gasteiger partial charge is 0.319 e. The number of hydrogen-bond donors (Lipinski definition) is 3. The summed E-state index contributed by atoms with van der Waals surface area (Å²) in [5.41, 5.74) is 2.60. The number of ketones is 1. The third kappa shape index (κ3) is 5.17. The number of urea groups is 1. The van der Waals surface area contributed by atoms with Gasteiger partial charge in [0.1, 0.15) is 6.54 Å². The lowest BCUT2D eigenvalue weighted by Crippen LogP contribution is -3.12. The molecule has 1 aliphatic heterocycles. The average Bonchev–Trinajstić information content (AvgIpc) is 2.64. The molecule has 0 bridgehead atoms. The van der Waals surface area contributed by atoms with Crippen molar-refractivity contribution in [2.24, 2.45) is 0 Å². The van der Waals surface area contributed by atoms with E-state index in [0.29, 0.717) is 11.3 Å². The Hall–Kier alpha value is -2.66. The molecular weight excluding hydrogens is 326 g/mol. The van der Waals surface area contributed by atoms with E-state index in [4.69, 9.17) is 0 Å². The largest absolute Gasteiger partial charge is 0.335 e. The van der Waals surface area contributed by atoms with E-state index in [0.717, 1.165) is 32.5 Å². The van der Waals surface area contributed by atoms with Crippen LogP contribution in [0.4, 0.5) is 10.5 Å². The van der Waals surface area contributed by atoms with Crippen LogP contribution in [-0.2, 0) is 6.54 Å². The molecule has 5 nitrogen and oxygen atoms in total. The number of carbonyl (C=O) groups is 2. The van der Waals surface area contributed by atoms with Gasteiger partial charge in [-0.15, -0.1) is 0 Å². The Labute approximate surface area is 154 Å². The summed E-state index contributed by atoms with van der Waals surface area (Å²) < 4.78 is 0. The number of Topliss-reactive ketones (excluding diaryl/α,β-unsaturated/α-hetero) is 1. The quantitative estimate of drug-likeness (QED) is 0.723. The fourth-order valence-corrected chi connectivity index (χ4v) is 3.40. The van der Waals surface area contributed by atoms with E-state index in [-0.39, 0.29) is 17.9 Å². The summed E-state index contributed by atoms with van der Waals surface area (Å²) >= 11 is 0. The molecule has 0 aromatic heterocycles. The van der Waals surface area contributed by atoms with Gasteiger partial charge in [0.2, 0.25) is 0 Å². The lowest BCUT2D eigenvalue weighted by Gasteiger charge is -2.29. The highest BCUT2D eigenvalue weighted by molar-refractivity contribution is 5.96. The molecule has 0 radical (unpaired) electrons. The van der Waals surface area contributed by atoms with Crippen LogP contribution in [0.2, 0.25) is 0 Å². The van der Waals surface area contributed by atoms with Gasteiger partial charge in [-0.05, 0) is 19.1 Å². The summed E-state index contributed by atoms with van der Waals surface area (Å²) in [5, 5.41) is 5.88. The van der Waals surface area contributed by atoms with Crippen molar-refractivity contribution in [2.45, 2.75) is 32.4 Å². The number of rotatable bonds is 5. The van der Waals surface area contributed by atoms with Crippen LogP contribution < -0.4 is 15.5 Å². The third-order valence-corrected chi connectivity index (χ3v) is 4.85. The highest BCUT2D eigenvalue weighted by atomic mass is 16.2. The molecule has 1 saturated heterocycles. The maximum Gasteiger partial charge on any atom is 0.319 e. The molecule has 2 amide bonds. The van der Waals surface area contributed by atoms with E-state index in [2.05, 4.69) is 34.9 Å². The predicted octanol–water partition coefficient (Wildman–Crippen LogP) is 2.26. The van der Waals surface area contributed by atoms with Gasteiger partial charge in [-0.3, -0.25) is 4.79 Å². The normalized spacial score (nSPS) is 19.6. The zero-order valence-electron chi connectivity index (χ0n) is 15.1. The number of amides is 2. The van der Waals surface area contributed by atoms with E-state index < -0.39 is 0 Å². The highest BCUT2D eigenvalue weighted by Crippen LogP contribution is 2.11. The Bertz CT molecular complexity index is 753. The Morgan fingerprint density at radius 1 is 1.04 bits per heavy atom. The van der Waals surface area contributed by atoms with Gasteiger partial charge >= 0.3 is 6.03 Å². The average molecular weight is 352 g/mol. The van der Waals surface area contributed by atoms with E-state index in [1.807, 2.05) is 6.07 Å². The first kappa shape index (κ1) is 18.1. The number of anilines is 1. The van der Waals surface area contributed by atoms with Crippen LogP contribution in [-0.4, -0.2) is 30.9 Å². The van der Waals surface area contributed by atoms with Crippen LogP contribution in [0.1, 0.15) is 35.7 Å². The van der Waals surface area contributed by atoms with E-state index in [9.17, 15) is 9.59 Å². The summed E-state index contributed by atoms with van der Waals surface area (Å²) in [6.45, 7) is 4.67. The lowest BCUT2D eigenvalue weighted by atomic mass is 10.0. The van der Waals surface area contributed by atoms with Crippen LogP contribution in [0.5, 0.6) is 0 Å². The van der Waals surface area contributed by atoms with E-state index in [1.165, 1.54) is 12.5 Å². The van der Waals surface area contributed by atoms with Crippen LogP contribution in [0.15, 0.2) is 54.6 Å². The highest BCUT2D eigenvalue weighted by Gasteiger charge is 2.23. The van der Waals surface area contributed by atoms with Crippen molar-refractivity contribution in [3.8, 4) is 0 Å². The van der Waals surface area contributed by atoms with Gasteiger partial charge in [0.15, 0.2) is 5.78 Å². The number of quaternary nitrogens is 1. The molecule has 26 heavy (non-hydrogen) atoms. The minimum atomic E-state index is -0.206. The van der Waals surface area contributed by atoms with E-state index >= 15 is 0 Å². The number of likely N-dealkylation sites (tertiary alicyclic amines) is 1. The summed E-state index contributed by atoms with van der Waals surface area (Å²) in [6, 6.07) is 17.5. The van der Waals surface area contributed by atoms with Crippen LogP contribution in [0.3, 0.4) is 0 Å². The Morgan fingerprint density at radius 3 is 2.46 bits per heavy atom. The van der Waals surface area contributed by atoms with Crippen molar-refractivity contribution in [3.05, 3.63) is 65.7 Å². The second-order valence-electron chi connectivity index (χ2n) is 6.92. The molecule has 2 aromatic rings. The molecule has 0 aliphatic carbocycles. The zero-order valence-corrected chi connectivity index (χ0v) is 15.1. The molecule has 5 heteroatoms. The third-order valence-electron chi connectivity index (χ3n) is 4.85. The number of hydrogen-bond acceptors (Lipinski definition) is 2. The molecule has 1 aliphatic rings. The SMILES string of the molecule is CC(=O)c1cccc(NC(=O)NC2CC[NH+](Cc3ccccc3)CC2)c1. The zero-order chi connectivity index (χ0) is 18.4. The maximum atomic E-state index is 12.2. The molecule has 1 heterocycles. The second kappa shape index (κ2) is 8.63. The first-order valence-corrected chi connectivity index (χ1v) is 9.16. The molecule has 3 rings (SSSR count). The van der Waals surface area contributed by atoms with E-state index in [1.54, 1.807) is 29.2 Å². The number of benzene rings is 2. The topological polar surface area (TPSA) is 62.6 Å². The van der Waals surface area contributed by atoms with Gasteiger partial charge in [-0.1, -0.05) is 42.5 Å². The van der Waals surface area contributed by atoms with Crippen molar-refractivity contribution >= 4 is 17.5 Å². The Morgan fingerprint density at radius 2 is 1.77 bits per heavy atom. The fourth-order valence-electron chi connectivity index (χ4n) is 3.40. The maximum absolute atomic E-state index is 12.2. The van der Waals surface area contributed by atoms with Crippen LogP contribution >= 0.6 is 0 Å². The van der Waals surface area contributed by atoms with Crippen molar-refractivity contribution in [1.29, 1.82) is 0 Å². The molecule has 0 unspecified atom stereocenters. The number of carbonyl (C=O) groups excluding carboxylic acids is 2. The van der Waals surface area contributed by atoms with Crippen LogP contribution in [0, 0.1) is 0 Å². The molecule has 0 saturated carbocycles. The summed E-state index contributed by atoms with van der Waals surface area (Å²) in [5.74, 6) is -0.0113. The first-order valence-electron chi connectivity index (χ1n) is 9.16. The minimum Gasteiger partial charge on any atom is -0.335 e. The molecule has 2 aromatic carbocycles. The monoisotopic (exact) mass is 352 g/mol. The van der Waals surface area contributed by atoms with Gasteiger partial charge < -0.3 is 15.5 Å². The number of nitrogens with one attached hydrogen (secondary N) is 3. The van der Waals surface area contributed by atoms with Gasteiger partial charge in [0.05, 0.1) is 13.1 Å². The molecule has 3 N–H and O–H groups in total.